The molecule has 0 aromatic heterocycles. The quantitative estimate of drug-likeness (QED) is 0.346. The Labute approximate surface area is 243 Å². The molecule has 3 aliphatic rings. The van der Waals surface area contributed by atoms with E-state index < -0.39 is 5.97 Å². The van der Waals surface area contributed by atoms with Gasteiger partial charge in [-0.05, 0) is 72.3 Å². The first-order chi connectivity index (χ1) is 20.3. The smallest absolute Gasteiger partial charge is 0.337 e. The zero-order valence-electron chi connectivity index (χ0n) is 23.6. The third-order valence-corrected chi connectivity index (χ3v) is 8.07. The van der Waals surface area contributed by atoms with Crippen molar-refractivity contribution in [1.29, 1.82) is 0 Å². The Balaban J connectivity index is 1.28. The van der Waals surface area contributed by atoms with E-state index in [-0.39, 0.29) is 17.6 Å². The van der Waals surface area contributed by atoms with Crippen molar-refractivity contribution in [2.75, 3.05) is 57.5 Å². The maximum atomic E-state index is 13.8. The Morgan fingerprint density at radius 2 is 1.64 bits per heavy atom. The van der Waals surface area contributed by atoms with Crippen LogP contribution < -0.4 is 10.6 Å². The van der Waals surface area contributed by atoms with Crippen LogP contribution in [0.4, 0.5) is 15.8 Å². The van der Waals surface area contributed by atoms with Crippen LogP contribution in [0.1, 0.15) is 32.6 Å². The first kappa shape index (κ1) is 27.6. The van der Waals surface area contributed by atoms with E-state index >= 15 is 0 Å². The Hall–Kier alpha value is -4.54. The summed E-state index contributed by atoms with van der Waals surface area (Å²) in [6.45, 7) is 5.19. The molecule has 2 amide bonds. The minimum atomic E-state index is -0.504. The fraction of sp³-hybridized carbons (Fsp3) is 0.281. The maximum Gasteiger partial charge on any atom is 0.337 e. The van der Waals surface area contributed by atoms with E-state index in [0.717, 1.165) is 43.0 Å². The summed E-state index contributed by atoms with van der Waals surface area (Å²) in [5, 5.41) is 6.25. The van der Waals surface area contributed by atoms with E-state index in [0.29, 0.717) is 53.3 Å². The lowest BCUT2D eigenvalue weighted by Gasteiger charge is -2.32. The molecule has 1 fully saturated rings. The fourth-order valence-electron chi connectivity index (χ4n) is 5.65. The van der Waals surface area contributed by atoms with Gasteiger partial charge >= 0.3 is 5.97 Å². The molecule has 0 unspecified atom stereocenters. The number of benzene rings is 3. The minimum absolute atomic E-state index is 0.116. The number of nitrogens with zero attached hydrogens (tertiary/aromatic N) is 3. The fourth-order valence-corrected chi connectivity index (χ4v) is 5.65. The molecule has 3 heterocycles. The van der Waals surface area contributed by atoms with Crippen LogP contribution in [0.25, 0.3) is 11.3 Å². The summed E-state index contributed by atoms with van der Waals surface area (Å²) in [4.78, 5) is 44.8. The van der Waals surface area contributed by atoms with Crippen LogP contribution in [0, 0.1) is 5.82 Å². The van der Waals surface area contributed by atoms with Gasteiger partial charge in [0.15, 0.2) is 0 Å². The lowest BCUT2D eigenvalue weighted by Crippen LogP contribution is -2.48. The van der Waals surface area contributed by atoms with Gasteiger partial charge < -0.3 is 25.2 Å². The summed E-state index contributed by atoms with van der Waals surface area (Å²) < 4.78 is 18.7. The van der Waals surface area contributed by atoms with E-state index in [9.17, 15) is 18.8 Å². The number of nitrogens with one attached hydrogen (secondary N) is 2. The molecular weight excluding hydrogens is 537 g/mol. The Kier molecular flexibility index (Phi) is 7.49. The Morgan fingerprint density at radius 1 is 0.929 bits per heavy atom. The van der Waals surface area contributed by atoms with Gasteiger partial charge in [0.25, 0.3) is 5.91 Å². The lowest BCUT2D eigenvalue weighted by molar-refractivity contribution is -0.133. The van der Waals surface area contributed by atoms with Crippen molar-refractivity contribution < 1.29 is 23.5 Å². The molecule has 9 nitrogen and oxygen atoms in total. The average molecular weight is 570 g/mol. The molecule has 0 saturated carbocycles. The van der Waals surface area contributed by atoms with Crippen LogP contribution >= 0.6 is 0 Å². The van der Waals surface area contributed by atoms with Crippen LogP contribution in [0.2, 0.25) is 0 Å². The number of esters is 1. The van der Waals surface area contributed by atoms with Gasteiger partial charge in [-0.1, -0.05) is 12.1 Å². The van der Waals surface area contributed by atoms with E-state index in [2.05, 4.69) is 27.5 Å². The molecule has 0 atom stereocenters. The molecule has 0 bridgehead atoms. The van der Waals surface area contributed by atoms with Crippen molar-refractivity contribution in [2.45, 2.75) is 13.1 Å². The third-order valence-electron chi connectivity index (χ3n) is 8.07. The molecule has 0 radical (unpaired) electrons. The van der Waals surface area contributed by atoms with Gasteiger partial charge in [-0.3, -0.25) is 14.5 Å². The van der Waals surface area contributed by atoms with E-state index in [1.807, 2.05) is 23.1 Å². The number of carbonyl (C=O) groups excluding carboxylic acids is 3. The molecule has 10 heteroatoms. The zero-order valence-corrected chi connectivity index (χ0v) is 23.6. The van der Waals surface area contributed by atoms with Crippen LogP contribution in [0.5, 0.6) is 0 Å². The number of rotatable bonds is 6. The van der Waals surface area contributed by atoms with Crippen molar-refractivity contribution >= 4 is 40.4 Å². The third kappa shape index (κ3) is 5.50. The van der Waals surface area contributed by atoms with Gasteiger partial charge in [-0.2, -0.15) is 0 Å². The first-order valence-electron chi connectivity index (χ1n) is 13.9. The number of hydrogen-bond donors (Lipinski definition) is 2. The number of carbonyl (C=O) groups is 3. The largest absolute Gasteiger partial charge is 0.465 e. The molecule has 1 saturated heterocycles. The average Bonchev–Trinajstić information content (AvgIpc) is 3.56. The molecule has 2 N–H and O–H groups in total. The molecule has 216 valence electrons. The number of amides is 2. The molecule has 0 aliphatic carbocycles. The van der Waals surface area contributed by atoms with Crippen molar-refractivity contribution in [2.24, 2.45) is 0 Å². The standard InChI is InChI=1S/C32H32FN5O4/c1-36-11-13-37(14-12-36)19-28(39)38-17-22-5-9-25(15-23(22)18-38)34-30(20-3-7-24(33)8-4-20)29-26-10-6-21(32(41)42-2)16-27(26)35-31(29)40/h3-10,15-16,34H,11-14,17-19H2,1-2H3,(H,35,40)/b30-29-. The monoisotopic (exact) mass is 569 g/mol. The SMILES string of the molecule is COC(=O)c1ccc2c(c1)NC(=O)/C2=C(\Nc1ccc2c(c1)CN(C(=O)CN1CCN(C)CC1)C2)c1ccc(F)cc1. The highest BCUT2D eigenvalue weighted by molar-refractivity contribution is 6.37. The van der Waals surface area contributed by atoms with E-state index in [4.69, 9.17) is 4.74 Å². The molecule has 3 aromatic rings. The highest BCUT2D eigenvalue weighted by atomic mass is 19.1. The van der Waals surface area contributed by atoms with E-state index in [1.165, 1.54) is 19.2 Å². The summed E-state index contributed by atoms with van der Waals surface area (Å²) in [6, 6.07) is 16.7. The zero-order chi connectivity index (χ0) is 29.4. The van der Waals surface area contributed by atoms with E-state index in [1.54, 1.807) is 30.3 Å². The van der Waals surface area contributed by atoms with Gasteiger partial charge in [0.2, 0.25) is 5.91 Å². The number of halogens is 1. The predicted octanol–water partition coefficient (Wildman–Crippen LogP) is 3.63. The Morgan fingerprint density at radius 3 is 2.38 bits per heavy atom. The van der Waals surface area contributed by atoms with Crippen molar-refractivity contribution in [3.05, 3.63) is 94.3 Å². The van der Waals surface area contributed by atoms with Gasteiger partial charge in [-0.25, -0.2) is 9.18 Å². The number of anilines is 2. The lowest BCUT2D eigenvalue weighted by atomic mass is 9.98. The summed E-state index contributed by atoms with van der Waals surface area (Å²) >= 11 is 0. The van der Waals surface area contributed by atoms with Crippen molar-refractivity contribution in [1.82, 2.24) is 14.7 Å². The molecule has 42 heavy (non-hydrogen) atoms. The second-order valence-corrected chi connectivity index (χ2v) is 10.9. The van der Waals surface area contributed by atoms with Gasteiger partial charge in [0.05, 0.1) is 36.2 Å². The predicted molar refractivity (Wildman–Crippen MR) is 158 cm³/mol. The van der Waals surface area contributed by atoms with Crippen LogP contribution in [0.3, 0.4) is 0 Å². The molecule has 0 spiro atoms. The van der Waals surface area contributed by atoms with Crippen molar-refractivity contribution in [3.63, 3.8) is 0 Å². The van der Waals surface area contributed by atoms with Gasteiger partial charge in [0, 0.05) is 50.5 Å². The second kappa shape index (κ2) is 11.4. The summed E-state index contributed by atoms with van der Waals surface area (Å²) in [6.07, 6.45) is 0. The minimum Gasteiger partial charge on any atom is -0.465 e. The van der Waals surface area contributed by atoms with Crippen LogP contribution in [-0.2, 0) is 27.4 Å². The van der Waals surface area contributed by atoms with Gasteiger partial charge in [0.1, 0.15) is 5.82 Å². The number of piperazine rings is 1. The highest BCUT2D eigenvalue weighted by Gasteiger charge is 2.30. The molecule has 3 aromatic carbocycles. The summed E-state index contributed by atoms with van der Waals surface area (Å²) in [5.41, 5.74) is 5.77. The highest BCUT2D eigenvalue weighted by Crippen LogP contribution is 2.38. The topological polar surface area (TPSA) is 94.2 Å². The summed E-state index contributed by atoms with van der Waals surface area (Å²) in [7, 11) is 3.40. The maximum absolute atomic E-state index is 13.8. The van der Waals surface area contributed by atoms with Crippen LogP contribution in [-0.4, -0.2) is 79.4 Å². The molecule has 6 rings (SSSR count). The van der Waals surface area contributed by atoms with Gasteiger partial charge in [-0.15, -0.1) is 0 Å². The number of likely N-dealkylation sites (N-methyl/N-ethyl adjacent to an activating group) is 1. The molecular formula is C32H32FN5O4. The van der Waals surface area contributed by atoms with Crippen molar-refractivity contribution in [3.8, 4) is 0 Å². The second-order valence-electron chi connectivity index (χ2n) is 10.9. The number of hydrogen-bond acceptors (Lipinski definition) is 7. The summed E-state index contributed by atoms with van der Waals surface area (Å²) in [5.74, 6) is -1.12. The number of fused-ring (bicyclic) bond motifs is 2. The first-order valence-corrected chi connectivity index (χ1v) is 13.9. The normalized spacial score (nSPS) is 17.9. The number of methoxy groups -OCH3 is 1. The Bertz CT molecular complexity index is 1590. The number of ether oxygens (including phenoxy) is 1. The van der Waals surface area contributed by atoms with Crippen LogP contribution in [0.15, 0.2) is 60.7 Å². The molecule has 3 aliphatic heterocycles.